The highest BCUT2D eigenvalue weighted by Crippen LogP contribution is 2.35. The number of nitrogens with zero attached hydrogens (tertiary/aromatic N) is 2. The zero-order valence-electron chi connectivity index (χ0n) is 8.88. The van der Waals surface area contributed by atoms with Crippen molar-refractivity contribution in [2.75, 3.05) is 7.05 Å². The molecular weight excluding hydrogens is 210 g/mol. The van der Waals surface area contributed by atoms with Gasteiger partial charge in [-0.15, -0.1) is 0 Å². The number of carboxylic acids is 1. The second-order valence-electron chi connectivity index (χ2n) is 3.96. The molecule has 0 bridgehead atoms. The molecule has 1 aliphatic heterocycles. The van der Waals surface area contributed by atoms with Crippen molar-refractivity contribution in [3.8, 4) is 0 Å². The first-order chi connectivity index (χ1) is 7.61. The molecule has 1 saturated heterocycles. The lowest BCUT2D eigenvalue weighted by atomic mass is 9.86. The van der Waals surface area contributed by atoms with Crippen LogP contribution in [0, 0.1) is 5.92 Å². The summed E-state index contributed by atoms with van der Waals surface area (Å²) in [4.78, 5) is 24.2. The molecule has 1 fully saturated rings. The predicted molar refractivity (Wildman–Crippen MR) is 54.5 cm³/mol. The molecule has 16 heavy (non-hydrogen) atoms. The van der Waals surface area contributed by atoms with E-state index in [1.54, 1.807) is 19.4 Å². The number of H-pyrrole nitrogens is 1. The van der Waals surface area contributed by atoms with E-state index in [0.29, 0.717) is 12.8 Å². The van der Waals surface area contributed by atoms with Crippen LogP contribution < -0.4 is 0 Å². The zero-order valence-corrected chi connectivity index (χ0v) is 8.88. The van der Waals surface area contributed by atoms with Crippen molar-refractivity contribution in [3.05, 3.63) is 18.0 Å². The number of hydrogen-bond donors (Lipinski definition) is 2. The third kappa shape index (κ3) is 1.66. The van der Waals surface area contributed by atoms with E-state index in [2.05, 4.69) is 10.2 Å². The third-order valence-electron chi connectivity index (χ3n) is 3.04. The lowest BCUT2D eigenvalue weighted by Gasteiger charge is -2.36. The van der Waals surface area contributed by atoms with E-state index in [1.807, 2.05) is 0 Å². The van der Waals surface area contributed by atoms with Crippen LogP contribution in [0.5, 0.6) is 0 Å². The summed E-state index contributed by atoms with van der Waals surface area (Å²) in [7, 11) is 1.63. The fourth-order valence-corrected chi connectivity index (χ4v) is 2.18. The Morgan fingerprint density at radius 3 is 3.00 bits per heavy atom. The molecule has 86 valence electrons. The molecular formula is C10H13N3O3. The molecule has 0 aromatic carbocycles. The summed E-state index contributed by atoms with van der Waals surface area (Å²) in [6.45, 7) is 0. The monoisotopic (exact) mass is 223 g/mol. The molecule has 0 spiro atoms. The molecule has 0 radical (unpaired) electrons. The van der Waals surface area contributed by atoms with Crippen LogP contribution >= 0.6 is 0 Å². The van der Waals surface area contributed by atoms with Crippen LogP contribution in [0.1, 0.15) is 24.4 Å². The Hall–Kier alpha value is -1.85. The smallest absolute Gasteiger partial charge is 0.308 e. The molecule has 1 aromatic rings. The normalized spacial score (nSPS) is 25.8. The topological polar surface area (TPSA) is 86.3 Å². The van der Waals surface area contributed by atoms with Gasteiger partial charge >= 0.3 is 5.97 Å². The number of carbonyl (C=O) groups is 2. The number of nitrogens with one attached hydrogen (secondary N) is 1. The van der Waals surface area contributed by atoms with Gasteiger partial charge in [0.2, 0.25) is 5.91 Å². The van der Waals surface area contributed by atoms with Crippen LogP contribution in [-0.2, 0) is 9.59 Å². The molecule has 6 nitrogen and oxygen atoms in total. The van der Waals surface area contributed by atoms with Crippen LogP contribution in [0.4, 0.5) is 0 Å². The van der Waals surface area contributed by atoms with Gasteiger partial charge in [-0.05, 0) is 6.42 Å². The average molecular weight is 223 g/mol. The molecule has 1 aromatic heterocycles. The first-order valence-electron chi connectivity index (χ1n) is 5.08. The Morgan fingerprint density at radius 2 is 2.44 bits per heavy atom. The maximum atomic E-state index is 11.6. The van der Waals surface area contributed by atoms with E-state index in [4.69, 9.17) is 5.11 Å². The summed E-state index contributed by atoms with van der Waals surface area (Å²) in [5, 5.41) is 15.6. The first-order valence-corrected chi connectivity index (χ1v) is 5.08. The van der Waals surface area contributed by atoms with Crippen molar-refractivity contribution in [1.82, 2.24) is 15.1 Å². The molecule has 0 aliphatic carbocycles. The van der Waals surface area contributed by atoms with Gasteiger partial charge in [0.1, 0.15) is 0 Å². The summed E-state index contributed by atoms with van der Waals surface area (Å²) in [5.74, 6) is -1.45. The molecule has 0 unspecified atom stereocenters. The number of aromatic amines is 1. The van der Waals surface area contributed by atoms with Crippen molar-refractivity contribution in [1.29, 1.82) is 0 Å². The van der Waals surface area contributed by atoms with Gasteiger partial charge in [0.25, 0.3) is 0 Å². The summed E-state index contributed by atoms with van der Waals surface area (Å²) < 4.78 is 0. The number of piperidine rings is 1. The number of rotatable bonds is 2. The van der Waals surface area contributed by atoms with Gasteiger partial charge in [0.15, 0.2) is 0 Å². The quantitative estimate of drug-likeness (QED) is 0.760. The molecule has 2 atom stereocenters. The molecule has 6 heteroatoms. The van der Waals surface area contributed by atoms with E-state index in [-0.39, 0.29) is 5.91 Å². The van der Waals surface area contributed by atoms with E-state index in [9.17, 15) is 9.59 Å². The Morgan fingerprint density at radius 1 is 1.69 bits per heavy atom. The highest BCUT2D eigenvalue weighted by molar-refractivity contribution is 5.81. The summed E-state index contributed by atoms with van der Waals surface area (Å²) in [5.41, 5.74) is 0.739. The minimum atomic E-state index is -0.870. The molecule has 2 N–H and O–H groups in total. The standard InChI is InChI=1S/C10H13N3O3/c1-13-8(14)3-2-7(10(15)16)9(13)6-4-11-12-5-6/h4-5,7,9H,2-3H2,1H3,(H,11,12)(H,15,16)/t7-,9+/m0/s1. The minimum Gasteiger partial charge on any atom is -0.481 e. The summed E-state index contributed by atoms with van der Waals surface area (Å²) in [6, 6.07) is -0.419. The van der Waals surface area contributed by atoms with E-state index in [0.717, 1.165) is 5.56 Å². The number of carboxylic acid groups (broad SMARTS) is 1. The lowest BCUT2D eigenvalue weighted by Crippen LogP contribution is -2.42. The second-order valence-corrected chi connectivity index (χ2v) is 3.96. The van der Waals surface area contributed by atoms with E-state index >= 15 is 0 Å². The number of aromatic nitrogens is 2. The van der Waals surface area contributed by atoms with Gasteiger partial charge in [0, 0.05) is 25.2 Å². The van der Waals surface area contributed by atoms with Crippen molar-refractivity contribution in [2.24, 2.45) is 5.92 Å². The Kier molecular flexibility index (Phi) is 2.64. The van der Waals surface area contributed by atoms with Crippen LogP contribution in [0.3, 0.4) is 0 Å². The Balaban J connectivity index is 2.34. The molecule has 1 amide bonds. The van der Waals surface area contributed by atoms with Crippen molar-refractivity contribution in [2.45, 2.75) is 18.9 Å². The summed E-state index contributed by atoms with van der Waals surface area (Å²) in [6.07, 6.45) is 3.88. The van der Waals surface area contributed by atoms with Gasteiger partial charge in [-0.25, -0.2) is 0 Å². The van der Waals surface area contributed by atoms with Crippen LogP contribution in [0.15, 0.2) is 12.4 Å². The molecule has 2 rings (SSSR count). The fraction of sp³-hybridized carbons (Fsp3) is 0.500. The van der Waals surface area contributed by atoms with Crippen molar-refractivity contribution >= 4 is 11.9 Å². The van der Waals surface area contributed by atoms with Crippen LogP contribution in [-0.4, -0.2) is 39.1 Å². The molecule has 1 aliphatic rings. The predicted octanol–water partition coefficient (Wildman–Crippen LogP) is 0.404. The number of hydrogen-bond acceptors (Lipinski definition) is 3. The zero-order chi connectivity index (χ0) is 11.7. The van der Waals surface area contributed by atoms with Gasteiger partial charge in [0.05, 0.1) is 18.2 Å². The van der Waals surface area contributed by atoms with Gasteiger partial charge in [-0.2, -0.15) is 5.10 Å². The van der Waals surface area contributed by atoms with Crippen molar-refractivity contribution in [3.63, 3.8) is 0 Å². The maximum absolute atomic E-state index is 11.6. The largest absolute Gasteiger partial charge is 0.481 e. The Labute approximate surface area is 92.3 Å². The highest BCUT2D eigenvalue weighted by Gasteiger charge is 2.39. The van der Waals surface area contributed by atoms with Gasteiger partial charge in [-0.1, -0.05) is 0 Å². The second kappa shape index (κ2) is 3.96. The number of carbonyl (C=O) groups excluding carboxylic acids is 1. The number of likely N-dealkylation sites (tertiary alicyclic amines) is 1. The van der Waals surface area contributed by atoms with E-state index in [1.165, 1.54) is 4.90 Å². The van der Waals surface area contributed by atoms with Gasteiger partial charge in [-0.3, -0.25) is 14.7 Å². The molecule has 0 saturated carbocycles. The number of aliphatic carboxylic acids is 1. The van der Waals surface area contributed by atoms with Gasteiger partial charge < -0.3 is 10.0 Å². The van der Waals surface area contributed by atoms with E-state index < -0.39 is 17.9 Å². The maximum Gasteiger partial charge on any atom is 0.308 e. The first kappa shape index (κ1) is 10.7. The highest BCUT2D eigenvalue weighted by atomic mass is 16.4. The fourth-order valence-electron chi connectivity index (χ4n) is 2.18. The SMILES string of the molecule is CN1C(=O)CC[C@H](C(=O)O)[C@H]1c1cn[nH]c1. The van der Waals surface area contributed by atoms with Crippen LogP contribution in [0.25, 0.3) is 0 Å². The number of amides is 1. The average Bonchev–Trinajstić information content (AvgIpc) is 2.74. The third-order valence-corrected chi connectivity index (χ3v) is 3.04. The Bertz CT molecular complexity index is 401. The van der Waals surface area contributed by atoms with Crippen LogP contribution in [0.2, 0.25) is 0 Å². The summed E-state index contributed by atoms with van der Waals surface area (Å²) >= 11 is 0. The van der Waals surface area contributed by atoms with Crippen molar-refractivity contribution < 1.29 is 14.7 Å². The minimum absolute atomic E-state index is 0.0244. The lowest BCUT2D eigenvalue weighted by molar-refractivity contribution is -0.150. The molecule has 2 heterocycles.